The molecule has 2 aromatic rings. The van der Waals surface area contributed by atoms with Gasteiger partial charge in [0.15, 0.2) is 0 Å². The molecule has 6 heteroatoms. The normalized spacial score (nSPS) is 21.8. The third kappa shape index (κ3) is 3.94. The molecule has 0 radical (unpaired) electrons. The highest BCUT2D eigenvalue weighted by Gasteiger charge is 2.43. The molecular formula is C25H27ClN2O3. The highest BCUT2D eigenvalue weighted by atomic mass is 35.5. The van der Waals surface area contributed by atoms with Gasteiger partial charge in [-0.3, -0.25) is 9.59 Å². The number of piperidine rings is 1. The summed E-state index contributed by atoms with van der Waals surface area (Å²) in [7, 11) is 1.60. The van der Waals surface area contributed by atoms with Crippen molar-refractivity contribution >= 4 is 34.7 Å². The van der Waals surface area contributed by atoms with Crippen LogP contribution in [-0.2, 0) is 9.59 Å². The van der Waals surface area contributed by atoms with Crippen LogP contribution in [-0.4, -0.2) is 36.9 Å². The SMILES string of the molecule is COc1ccc(C2=C(N3CC(C)CC(C)C3)C(=O)N(c3ccc(C)c(Cl)c3)C2=O)cc1. The number of benzene rings is 2. The zero-order valence-corrected chi connectivity index (χ0v) is 19.1. The number of anilines is 1. The maximum Gasteiger partial charge on any atom is 0.282 e. The van der Waals surface area contributed by atoms with Gasteiger partial charge in [-0.2, -0.15) is 0 Å². The van der Waals surface area contributed by atoms with Gasteiger partial charge in [0.1, 0.15) is 11.4 Å². The molecule has 0 aliphatic carbocycles. The molecule has 0 spiro atoms. The molecule has 0 saturated carbocycles. The van der Waals surface area contributed by atoms with Crippen LogP contribution in [0, 0.1) is 18.8 Å². The van der Waals surface area contributed by atoms with Crippen LogP contribution in [0.15, 0.2) is 48.2 Å². The van der Waals surface area contributed by atoms with E-state index in [9.17, 15) is 9.59 Å². The van der Waals surface area contributed by atoms with Crippen molar-refractivity contribution in [3.05, 3.63) is 64.3 Å². The number of halogens is 1. The Labute approximate surface area is 188 Å². The standard InChI is InChI=1S/C25H27ClN2O3/c1-15-11-16(2)14-27(13-15)23-22(18-6-9-20(31-4)10-7-18)24(29)28(25(23)30)19-8-5-17(3)21(26)12-19/h5-10,12,15-16H,11,13-14H2,1-4H3. The van der Waals surface area contributed by atoms with Crippen molar-refractivity contribution in [2.75, 3.05) is 25.1 Å². The lowest BCUT2D eigenvalue weighted by atomic mass is 9.91. The summed E-state index contributed by atoms with van der Waals surface area (Å²) in [6.45, 7) is 7.77. The first kappa shape index (κ1) is 21.4. The monoisotopic (exact) mass is 438 g/mol. The third-order valence-corrected chi connectivity index (χ3v) is 6.44. The quantitative estimate of drug-likeness (QED) is 0.636. The maximum atomic E-state index is 13.7. The van der Waals surface area contributed by atoms with Gasteiger partial charge in [0.05, 0.1) is 18.4 Å². The van der Waals surface area contributed by atoms with E-state index in [1.807, 2.05) is 37.3 Å². The minimum Gasteiger partial charge on any atom is -0.497 e. The van der Waals surface area contributed by atoms with E-state index in [0.717, 1.165) is 25.1 Å². The van der Waals surface area contributed by atoms with Crippen molar-refractivity contribution in [1.29, 1.82) is 0 Å². The fourth-order valence-corrected chi connectivity index (χ4v) is 4.81. The number of carbonyl (C=O) groups is 2. The van der Waals surface area contributed by atoms with Crippen molar-refractivity contribution < 1.29 is 14.3 Å². The molecule has 5 nitrogen and oxygen atoms in total. The summed E-state index contributed by atoms with van der Waals surface area (Å²) >= 11 is 6.31. The average Bonchev–Trinajstić information content (AvgIpc) is 2.99. The summed E-state index contributed by atoms with van der Waals surface area (Å²) in [6, 6.07) is 12.6. The van der Waals surface area contributed by atoms with Crippen molar-refractivity contribution in [2.45, 2.75) is 27.2 Å². The second-order valence-corrected chi connectivity index (χ2v) is 9.09. The van der Waals surface area contributed by atoms with E-state index in [0.29, 0.717) is 45.1 Å². The first-order valence-corrected chi connectivity index (χ1v) is 11.0. The number of nitrogens with zero attached hydrogens (tertiary/aromatic N) is 2. The minimum atomic E-state index is -0.323. The molecule has 0 N–H and O–H groups in total. The van der Waals surface area contributed by atoms with Crippen molar-refractivity contribution in [2.24, 2.45) is 11.8 Å². The number of aryl methyl sites for hydroxylation is 1. The van der Waals surface area contributed by atoms with Gasteiger partial charge >= 0.3 is 0 Å². The zero-order valence-electron chi connectivity index (χ0n) is 18.3. The number of imide groups is 1. The molecule has 1 saturated heterocycles. The first-order valence-electron chi connectivity index (χ1n) is 10.6. The molecule has 1 fully saturated rings. The van der Waals surface area contributed by atoms with Gasteiger partial charge in [-0.15, -0.1) is 0 Å². The number of hydrogen-bond donors (Lipinski definition) is 0. The molecule has 4 rings (SSSR count). The van der Waals surface area contributed by atoms with E-state index in [1.54, 1.807) is 19.2 Å². The van der Waals surface area contributed by atoms with Gasteiger partial charge in [-0.25, -0.2) is 4.90 Å². The molecule has 2 aliphatic heterocycles. The Morgan fingerprint density at radius 2 is 1.61 bits per heavy atom. The molecular weight excluding hydrogens is 412 g/mol. The Bertz CT molecular complexity index is 1050. The molecule has 2 amide bonds. The van der Waals surface area contributed by atoms with Crippen LogP contribution in [0.1, 0.15) is 31.4 Å². The van der Waals surface area contributed by atoms with E-state index in [-0.39, 0.29) is 11.8 Å². The van der Waals surface area contributed by atoms with Gasteiger partial charge in [0, 0.05) is 18.1 Å². The Hall–Kier alpha value is -2.79. The smallest absolute Gasteiger partial charge is 0.282 e. The lowest BCUT2D eigenvalue weighted by Gasteiger charge is -2.37. The third-order valence-electron chi connectivity index (χ3n) is 6.04. The molecule has 2 aromatic carbocycles. The van der Waals surface area contributed by atoms with Gasteiger partial charge in [0.25, 0.3) is 11.8 Å². The molecule has 2 aliphatic rings. The number of ether oxygens (including phenoxy) is 1. The number of amides is 2. The fraction of sp³-hybridized carbons (Fsp3) is 0.360. The number of likely N-dealkylation sites (tertiary alicyclic amines) is 1. The highest BCUT2D eigenvalue weighted by Crippen LogP contribution is 2.38. The van der Waals surface area contributed by atoms with Crippen molar-refractivity contribution in [3.8, 4) is 5.75 Å². The zero-order chi connectivity index (χ0) is 22.3. The molecule has 162 valence electrons. The summed E-state index contributed by atoms with van der Waals surface area (Å²) in [5.41, 5.74) is 3.01. The van der Waals surface area contributed by atoms with Crippen LogP contribution in [0.4, 0.5) is 5.69 Å². The number of hydrogen-bond acceptors (Lipinski definition) is 4. The second kappa shape index (κ2) is 8.39. The lowest BCUT2D eigenvalue weighted by Crippen LogP contribution is -2.42. The summed E-state index contributed by atoms with van der Waals surface area (Å²) in [6.07, 6.45) is 1.11. The second-order valence-electron chi connectivity index (χ2n) is 8.68. The van der Waals surface area contributed by atoms with Crippen LogP contribution < -0.4 is 9.64 Å². The van der Waals surface area contributed by atoms with Gasteiger partial charge in [-0.05, 0) is 60.6 Å². The Kier molecular flexibility index (Phi) is 5.80. The van der Waals surface area contributed by atoms with Crippen molar-refractivity contribution in [3.63, 3.8) is 0 Å². The summed E-state index contributed by atoms with van der Waals surface area (Å²) < 4.78 is 5.26. The molecule has 31 heavy (non-hydrogen) atoms. The Balaban J connectivity index is 1.83. The van der Waals surface area contributed by atoms with E-state index < -0.39 is 0 Å². The van der Waals surface area contributed by atoms with Gasteiger partial charge in [-0.1, -0.05) is 43.6 Å². The van der Waals surface area contributed by atoms with E-state index in [1.165, 1.54) is 4.90 Å². The first-order chi connectivity index (χ1) is 14.8. The number of rotatable bonds is 4. The van der Waals surface area contributed by atoms with Gasteiger partial charge in [0.2, 0.25) is 0 Å². The Morgan fingerprint density at radius 1 is 0.968 bits per heavy atom. The van der Waals surface area contributed by atoms with Crippen molar-refractivity contribution in [1.82, 2.24) is 4.90 Å². The molecule has 0 bridgehead atoms. The summed E-state index contributed by atoms with van der Waals surface area (Å²) in [5, 5.41) is 0.526. The summed E-state index contributed by atoms with van der Waals surface area (Å²) in [4.78, 5) is 30.6. The van der Waals surface area contributed by atoms with Gasteiger partial charge < -0.3 is 9.64 Å². The summed E-state index contributed by atoms with van der Waals surface area (Å²) in [5.74, 6) is 0.969. The Morgan fingerprint density at radius 3 is 2.19 bits per heavy atom. The fourth-order valence-electron chi connectivity index (χ4n) is 4.63. The van der Waals surface area contributed by atoms with Crippen LogP contribution >= 0.6 is 11.6 Å². The van der Waals surface area contributed by atoms with E-state index in [4.69, 9.17) is 16.3 Å². The predicted octanol–water partition coefficient (Wildman–Crippen LogP) is 4.92. The number of methoxy groups -OCH3 is 1. The topological polar surface area (TPSA) is 49.9 Å². The van der Waals surface area contributed by atoms with E-state index in [2.05, 4.69) is 18.7 Å². The molecule has 2 unspecified atom stereocenters. The molecule has 2 atom stereocenters. The average molecular weight is 439 g/mol. The van der Waals surface area contributed by atoms with Crippen LogP contribution in [0.25, 0.3) is 5.57 Å². The maximum absolute atomic E-state index is 13.7. The number of carbonyl (C=O) groups excluding carboxylic acids is 2. The molecule has 2 heterocycles. The van der Waals surface area contributed by atoms with Crippen LogP contribution in [0.2, 0.25) is 5.02 Å². The van der Waals surface area contributed by atoms with Crippen LogP contribution in [0.3, 0.4) is 0 Å². The van der Waals surface area contributed by atoms with Crippen LogP contribution in [0.5, 0.6) is 5.75 Å². The predicted molar refractivity (Wildman–Crippen MR) is 123 cm³/mol. The molecule has 0 aromatic heterocycles. The lowest BCUT2D eigenvalue weighted by molar-refractivity contribution is -0.120. The highest BCUT2D eigenvalue weighted by molar-refractivity contribution is 6.45. The van der Waals surface area contributed by atoms with E-state index >= 15 is 0 Å². The largest absolute Gasteiger partial charge is 0.497 e. The minimum absolute atomic E-state index is 0.294.